The monoisotopic (exact) mass is 168 g/mol. The van der Waals surface area contributed by atoms with Crippen molar-refractivity contribution in [3.8, 4) is 0 Å². The molecule has 0 bridgehead atoms. The van der Waals surface area contributed by atoms with Crippen LogP contribution in [0.3, 0.4) is 0 Å². The zero-order valence-corrected chi connectivity index (χ0v) is 8.35. The Bertz CT molecular complexity index is 173. The van der Waals surface area contributed by atoms with Gasteiger partial charge in [0.05, 0.1) is 5.66 Å². The third-order valence-electron chi connectivity index (χ3n) is 3.52. The van der Waals surface area contributed by atoms with Crippen LogP contribution in [-0.4, -0.2) is 5.66 Å². The van der Waals surface area contributed by atoms with E-state index < -0.39 is 0 Å². The highest BCUT2D eigenvalue weighted by molar-refractivity contribution is 5.04. The van der Waals surface area contributed by atoms with Gasteiger partial charge in [0.2, 0.25) is 0 Å². The first-order valence-corrected chi connectivity index (χ1v) is 5.18. The lowest BCUT2D eigenvalue weighted by Gasteiger charge is -2.35. The van der Waals surface area contributed by atoms with E-state index in [1.54, 1.807) is 0 Å². The molecule has 1 spiro atoms. The molecule has 1 heterocycles. The van der Waals surface area contributed by atoms with E-state index in [0.717, 1.165) is 17.8 Å². The topological polar surface area (TPSA) is 43.9 Å². The molecular weight excluding hydrogens is 148 g/mol. The average Bonchev–Trinajstić information content (AvgIpc) is 2.68. The second-order valence-corrected chi connectivity index (χ2v) is 4.96. The van der Waals surface area contributed by atoms with Crippen molar-refractivity contribution in [1.29, 1.82) is 0 Å². The second-order valence-electron chi connectivity index (χ2n) is 4.96. The Labute approximate surface area is 75.1 Å². The van der Waals surface area contributed by atoms with Gasteiger partial charge in [-0.15, -0.1) is 0 Å². The molecule has 70 valence electrons. The van der Waals surface area contributed by atoms with E-state index in [-0.39, 0.29) is 0 Å². The summed E-state index contributed by atoms with van der Waals surface area (Å²) in [5, 5.41) is 0. The van der Waals surface area contributed by atoms with Crippen molar-refractivity contribution in [2.75, 3.05) is 0 Å². The first-order valence-electron chi connectivity index (χ1n) is 5.18. The van der Waals surface area contributed by atoms with Gasteiger partial charge in [0.1, 0.15) is 0 Å². The van der Waals surface area contributed by atoms with Crippen molar-refractivity contribution in [3.63, 3.8) is 0 Å². The predicted octanol–water partition coefficient (Wildman–Crippen LogP) is 1.88. The van der Waals surface area contributed by atoms with Crippen molar-refractivity contribution in [2.45, 2.75) is 45.7 Å². The van der Waals surface area contributed by atoms with Crippen LogP contribution in [-0.2, 0) is 0 Å². The van der Waals surface area contributed by atoms with Crippen molar-refractivity contribution in [1.82, 2.24) is 10.9 Å². The third-order valence-corrected chi connectivity index (χ3v) is 3.52. The molecule has 1 aliphatic carbocycles. The third kappa shape index (κ3) is 1.27. The summed E-state index contributed by atoms with van der Waals surface area (Å²) in [7, 11) is 0. The van der Waals surface area contributed by atoms with Crippen LogP contribution in [0.5, 0.6) is 0 Å². The Hall–Kier alpha value is -0.0800. The maximum Gasteiger partial charge on any atom is 0.0976 e. The number of hydrogen-bond donors (Lipinski definition) is 2. The zero-order valence-electron chi connectivity index (χ0n) is 8.35. The highest BCUT2D eigenvalue weighted by atomic mass is 15.7. The molecule has 1 aliphatic heterocycles. The molecule has 1 saturated heterocycles. The van der Waals surface area contributed by atoms with Gasteiger partial charge in [-0.1, -0.05) is 27.2 Å². The molecule has 0 aromatic heterocycles. The number of nitrogens with one attached hydrogen (secondary N) is 2. The standard InChI is InChI=1S/C10H20N2/c1-7(2)9-5-4-8(3)6-10(9)11-12-10/h7-9,11-12H,4-6H2,1-3H3/t8-,9+/m1/s1. The number of rotatable bonds is 1. The summed E-state index contributed by atoms with van der Waals surface area (Å²) >= 11 is 0. The largest absolute Gasteiger partial charge is 0.235 e. The van der Waals surface area contributed by atoms with E-state index in [0.29, 0.717) is 5.66 Å². The molecule has 0 aromatic rings. The van der Waals surface area contributed by atoms with Crippen LogP contribution in [0.25, 0.3) is 0 Å². The fourth-order valence-corrected chi connectivity index (χ4v) is 2.78. The first kappa shape index (κ1) is 8.52. The minimum atomic E-state index is 0.339. The van der Waals surface area contributed by atoms with Gasteiger partial charge >= 0.3 is 0 Å². The highest BCUT2D eigenvalue weighted by Gasteiger charge is 2.52. The Morgan fingerprint density at radius 1 is 1.25 bits per heavy atom. The molecule has 2 nitrogen and oxygen atoms in total. The Balaban J connectivity index is 2.05. The summed E-state index contributed by atoms with van der Waals surface area (Å²) in [5.74, 6) is 2.54. The molecule has 2 atom stereocenters. The smallest absolute Gasteiger partial charge is 0.0976 e. The first-order chi connectivity index (χ1) is 5.64. The molecule has 2 N–H and O–H groups in total. The lowest BCUT2D eigenvalue weighted by Crippen LogP contribution is -2.38. The van der Waals surface area contributed by atoms with Gasteiger partial charge in [0.25, 0.3) is 0 Å². The summed E-state index contributed by atoms with van der Waals surface area (Å²) < 4.78 is 0. The average molecular weight is 168 g/mol. The van der Waals surface area contributed by atoms with E-state index >= 15 is 0 Å². The van der Waals surface area contributed by atoms with Crippen molar-refractivity contribution in [2.24, 2.45) is 17.8 Å². The van der Waals surface area contributed by atoms with Gasteiger partial charge in [-0.25, -0.2) is 10.9 Å². The zero-order chi connectivity index (χ0) is 8.77. The van der Waals surface area contributed by atoms with E-state index in [1.165, 1.54) is 19.3 Å². The maximum atomic E-state index is 3.36. The second kappa shape index (κ2) is 2.71. The SMILES string of the molecule is CC(C)[C@@H]1CC[C@@H](C)CC12NN2. The minimum Gasteiger partial charge on any atom is -0.235 e. The molecule has 1 saturated carbocycles. The van der Waals surface area contributed by atoms with E-state index in [9.17, 15) is 0 Å². The molecule has 2 aliphatic rings. The van der Waals surface area contributed by atoms with Crippen LogP contribution in [0.1, 0.15) is 40.0 Å². The van der Waals surface area contributed by atoms with Gasteiger partial charge in [0.15, 0.2) is 0 Å². The summed E-state index contributed by atoms with van der Waals surface area (Å²) in [6.07, 6.45) is 4.11. The fourth-order valence-electron chi connectivity index (χ4n) is 2.78. The molecule has 0 unspecified atom stereocenters. The summed E-state index contributed by atoms with van der Waals surface area (Å²) in [6.45, 7) is 7.04. The molecule has 0 aromatic carbocycles. The van der Waals surface area contributed by atoms with E-state index in [1.807, 2.05) is 0 Å². The van der Waals surface area contributed by atoms with Gasteiger partial charge < -0.3 is 0 Å². The van der Waals surface area contributed by atoms with Crippen LogP contribution >= 0.6 is 0 Å². The molecular formula is C10H20N2. The van der Waals surface area contributed by atoms with Gasteiger partial charge in [-0.2, -0.15) is 0 Å². The quantitative estimate of drug-likeness (QED) is 0.587. The lowest BCUT2D eigenvalue weighted by molar-refractivity contribution is 0.169. The van der Waals surface area contributed by atoms with E-state index in [4.69, 9.17) is 0 Å². The minimum absolute atomic E-state index is 0.339. The Morgan fingerprint density at radius 2 is 1.92 bits per heavy atom. The summed E-state index contributed by atoms with van der Waals surface area (Å²) in [4.78, 5) is 0. The van der Waals surface area contributed by atoms with Gasteiger partial charge in [-0.3, -0.25) is 0 Å². The van der Waals surface area contributed by atoms with Gasteiger partial charge in [0, 0.05) is 0 Å². The van der Waals surface area contributed by atoms with Crippen molar-refractivity contribution < 1.29 is 0 Å². The van der Waals surface area contributed by atoms with Crippen LogP contribution in [0.4, 0.5) is 0 Å². The summed E-state index contributed by atoms with van der Waals surface area (Å²) in [6, 6.07) is 0. The lowest BCUT2D eigenvalue weighted by atomic mass is 9.72. The Morgan fingerprint density at radius 3 is 2.42 bits per heavy atom. The molecule has 12 heavy (non-hydrogen) atoms. The van der Waals surface area contributed by atoms with Crippen molar-refractivity contribution >= 4 is 0 Å². The number of hydrazine groups is 1. The Kier molecular flexibility index (Phi) is 1.92. The van der Waals surface area contributed by atoms with Crippen LogP contribution in [0.15, 0.2) is 0 Å². The predicted molar refractivity (Wildman–Crippen MR) is 50.3 cm³/mol. The van der Waals surface area contributed by atoms with Gasteiger partial charge in [-0.05, 0) is 30.6 Å². The normalized spacial score (nSPS) is 39.0. The van der Waals surface area contributed by atoms with E-state index in [2.05, 4.69) is 31.6 Å². The molecule has 0 radical (unpaired) electrons. The molecule has 2 heteroatoms. The molecule has 0 amide bonds. The molecule has 2 fully saturated rings. The fraction of sp³-hybridized carbons (Fsp3) is 1.00. The maximum absolute atomic E-state index is 3.36. The van der Waals surface area contributed by atoms with Crippen LogP contribution in [0, 0.1) is 17.8 Å². The highest BCUT2D eigenvalue weighted by Crippen LogP contribution is 2.43. The van der Waals surface area contributed by atoms with Crippen LogP contribution in [0.2, 0.25) is 0 Å². The van der Waals surface area contributed by atoms with Crippen LogP contribution < -0.4 is 10.9 Å². The number of hydrogen-bond acceptors (Lipinski definition) is 2. The molecule has 2 rings (SSSR count). The summed E-state index contributed by atoms with van der Waals surface area (Å²) in [5.41, 5.74) is 7.06. The van der Waals surface area contributed by atoms with Crippen molar-refractivity contribution in [3.05, 3.63) is 0 Å².